The summed E-state index contributed by atoms with van der Waals surface area (Å²) in [6.07, 6.45) is -0.960. The van der Waals surface area contributed by atoms with E-state index in [-0.39, 0.29) is 25.2 Å². The zero-order valence-corrected chi connectivity index (χ0v) is 12.4. The quantitative estimate of drug-likeness (QED) is 0.881. The molecule has 7 heteroatoms. The van der Waals surface area contributed by atoms with Crippen LogP contribution in [0.1, 0.15) is 30.0 Å². The molecule has 21 heavy (non-hydrogen) atoms. The van der Waals surface area contributed by atoms with Gasteiger partial charge in [0, 0.05) is 12.1 Å². The maximum atomic E-state index is 12.2. The largest absolute Gasteiger partial charge is 0.479 e. The number of ether oxygens (including phenoxy) is 1. The van der Waals surface area contributed by atoms with Crippen molar-refractivity contribution < 1.29 is 23.8 Å². The van der Waals surface area contributed by atoms with E-state index in [0.717, 1.165) is 17.1 Å². The summed E-state index contributed by atoms with van der Waals surface area (Å²) in [5.74, 6) is 0.508. The van der Waals surface area contributed by atoms with E-state index in [1.807, 2.05) is 26.8 Å². The first-order chi connectivity index (χ1) is 9.88. The topological polar surface area (TPSA) is 92.0 Å². The van der Waals surface area contributed by atoms with Crippen LogP contribution in [0.5, 0.6) is 0 Å². The van der Waals surface area contributed by atoms with Gasteiger partial charge in [0.25, 0.3) is 0 Å². The molecule has 1 aliphatic heterocycles. The Morgan fingerprint density at radius 3 is 2.76 bits per heavy atom. The highest BCUT2D eigenvalue weighted by Crippen LogP contribution is 2.21. The van der Waals surface area contributed by atoms with Gasteiger partial charge in [0.1, 0.15) is 11.5 Å². The number of furan rings is 1. The van der Waals surface area contributed by atoms with Gasteiger partial charge in [-0.3, -0.25) is 0 Å². The molecule has 0 spiro atoms. The fourth-order valence-electron chi connectivity index (χ4n) is 2.42. The molecule has 1 saturated heterocycles. The first kappa shape index (κ1) is 15.4. The number of carbonyl (C=O) groups excluding carboxylic acids is 1. The molecule has 2 atom stereocenters. The van der Waals surface area contributed by atoms with Gasteiger partial charge in [0.15, 0.2) is 6.10 Å². The molecule has 2 N–H and O–H groups in total. The summed E-state index contributed by atoms with van der Waals surface area (Å²) >= 11 is 0. The lowest BCUT2D eigenvalue weighted by atomic mass is 10.1. The monoisotopic (exact) mass is 296 g/mol. The molecule has 2 heterocycles. The number of nitrogens with one attached hydrogen (secondary N) is 1. The van der Waals surface area contributed by atoms with E-state index in [1.54, 1.807) is 0 Å². The molecule has 2 unspecified atom stereocenters. The van der Waals surface area contributed by atoms with Gasteiger partial charge >= 0.3 is 12.0 Å². The molecule has 0 radical (unpaired) electrons. The lowest BCUT2D eigenvalue weighted by Gasteiger charge is -2.31. The number of rotatable bonds is 3. The van der Waals surface area contributed by atoms with Crippen LogP contribution in [0.4, 0.5) is 4.79 Å². The van der Waals surface area contributed by atoms with Crippen molar-refractivity contribution in [1.82, 2.24) is 10.2 Å². The second-order valence-corrected chi connectivity index (χ2v) is 5.18. The van der Waals surface area contributed by atoms with E-state index in [9.17, 15) is 9.59 Å². The maximum Gasteiger partial charge on any atom is 0.334 e. The van der Waals surface area contributed by atoms with E-state index in [0.29, 0.717) is 6.54 Å². The van der Waals surface area contributed by atoms with Crippen molar-refractivity contribution in [2.24, 2.45) is 0 Å². The van der Waals surface area contributed by atoms with E-state index >= 15 is 0 Å². The lowest BCUT2D eigenvalue weighted by molar-refractivity contribution is -0.154. The second kappa shape index (κ2) is 6.17. The van der Waals surface area contributed by atoms with Crippen LogP contribution in [0.2, 0.25) is 0 Å². The summed E-state index contributed by atoms with van der Waals surface area (Å²) in [6, 6.07) is 1.39. The predicted molar refractivity (Wildman–Crippen MR) is 74.1 cm³/mol. The normalized spacial score (nSPS) is 20.1. The molecule has 0 aromatic carbocycles. The molecular formula is C14H20N2O5. The molecule has 1 fully saturated rings. The standard InChI is InChI=1S/C14H20N2O5/c1-8-6-11(10(3)21-8)9(2)15-14(19)16-4-5-20-12(7-16)13(17)18/h6,9,12H,4-5,7H2,1-3H3,(H,15,19)(H,17,18). The average Bonchev–Trinajstić information content (AvgIpc) is 2.77. The van der Waals surface area contributed by atoms with Crippen molar-refractivity contribution in [2.45, 2.75) is 32.9 Å². The van der Waals surface area contributed by atoms with Crippen molar-refractivity contribution in [3.63, 3.8) is 0 Å². The number of amides is 2. The van der Waals surface area contributed by atoms with E-state index < -0.39 is 12.1 Å². The molecular weight excluding hydrogens is 276 g/mol. The SMILES string of the molecule is Cc1cc(C(C)NC(=O)N2CCOC(C(=O)O)C2)c(C)o1. The Labute approximate surface area is 122 Å². The van der Waals surface area contributed by atoms with Gasteiger partial charge in [-0.05, 0) is 26.8 Å². The molecule has 1 aromatic rings. The highest BCUT2D eigenvalue weighted by atomic mass is 16.5. The highest BCUT2D eigenvalue weighted by Gasteiger charge is 2.29. The van der Waals surface area contributed by atoms with Crippen LogP contribution in [0.3, 0.4) is 0 Å². The van der Waals surface area contributed by atoms with E-state index in [2.05, 4.69) is 5.32 Å². The number of carboxylic acids is 1. The van der Waals surface area contributed by atoms with Gasteiger partial charge in [0.2, 0.25) is 0 Å². The Bertz CT molecular complexity index is 539. The minimum atomic E-state index is -1.05. The predicted octanol–water partition coefficient (Wildman–Crippen LogP) is 1.45. The van der Waals surface area contributed by atoms with Crippen molar-refractivity contribution >= 4 is 12.0 Å². The average molecular weight is 296 g/mol. The van der Waals surface area contributed by atoms with Gasteiger partial charge in [-0.25, -0.2) is 9.59 Å². The van der Waals surface area contributed by atoms with Crippen molar-refractivity contribution in [1.29, 1.82) is 0 Å². The summed E-state index contributed by atoms with van der Waals surface area (Å²) in [6.45, 7) is 6.22. The number of carbonyl (C=O) groups is 2. The zero-order valence-electron chi connectivity index (χ0n) is 12.4. The van der Waals surface area contributed by atoms with Crippen LogP contribution in [0, 0.1) is 13.8 Å². The third-order valence-electron chi connectivity index (χ3n) is 3.51. The van der Waals surface area contributed by atoms with E-state index in [4.69, 9.17) is 14.3 Å². The van der Waals surface area contributed by atoms with Gasteiger partial charge in [-0.1, -0.05) is 0 Å². The Morgan fingerprint density at radius 1 is 1.48 bits per heavy atom. The molecule has 7 nitrogen and oxygen atoms in total. The van der Waals surface area contributed by atoms with Gasteiger partial charge in [-0.2, -0.15) is 0 Å². The number of urea groups is 1. The molecule has 2 rings (SSSR count). The van der Waals surface area contributed by atoms with Gasteiger partial charge < -0.3 is 24.5 Å². The summed E-state index contributed by atoms with van der Waals surface area (Å²) < 4.78 is 10.5. The van der Waals surface area contributed by atoms with E-state index in [1.165, 1.54) is 4.90 Å². The number of morpholine rings is 1. The van der Waals surface area contributed by atoms with Gasteiger partial charge in [0.05, 0.1) is 19.2 Å². The lowest BCUT2D eigenvalue weighted by Crippen LogP contribution is -2.52. The number of carboxylic acid groups (broad SMARTS) is 1. The van der Waals surface area contributed by atoms with Crippen LogP contribution in [0.25, 0.3) is 0 Å². The molecule has 0 bridgehead atoms. The molecule has 2 amide bonds. The van der Waals surface area contributed by atoms with Crippen LogP contribution < -0.4 is 5.32 Å². The van der Waals surface area contributed by atoms with Crippen LogP contribution in [0.15, 0.2) is 10.5 Å². The molecule has 116 valence electrons. The number of aryl methyl sites for hydroxylation is 2. The fourth-order valence-corrected chi connectivity index (χ4v) is 2.42. The Morgan fingerprint density at radius 2 is 2.19 bits per heavy atom. The smallest absolute Gasteiger partial charge is 0.334 e. The molecule has 1 aromatic heterocycles. The number of hydrogen-bond donors (Lipinski definition) is 2. The second-order valence-electron chi connectivity index (χ2n) is 5.18. The highest BCUT2D eigenvalue weighted by molar-refractivity contribution is 5.77. The summed E-state index contributed by atoms with van der Waals surface area (Å²) in [7, 11) is 0. The van der Waals surface area contributed by atoms with Crippen LogP contribution in [-0.2, 0) is 9.53 Å². The van der Waals surface area contributed by atoms with Crippen LogP contribution in [-0.4, -0.2) is 47.8 Å². The Kier molecular flexibility index (Phi) is 4.52. The van der Waals surface area contributed by atoms with Crippen molar-refractivity contribution in [3.05, 3.63) is 23.2 Å². The number of aliphatic carboxylic acids is 1. The molecule has 1 aliphatic rings. The van der Waals surface area contributed by atoms with Crippen LogP contribution >= 0.6 is 0 Å². The summed E-state index contributed by atoms with van der Waals surface area (Å²) in [5, 5.41) is 11.8. The van der Waals surface area contributed by atoms with Gasteiger partial charge in [-0.15, -0.1) is 0 Å². The minimum absolute atomic E-state index is 0.0529. The molecule has 0 aliphatic carbocycles. The number of nitrogens with zero attached hydrogens (tertiary/aromatic N) is 1. The third-order valence-corrected chi connectivity index (χ3v) is 3.51. The summed E-state index contributed by atoms with van der Waals surface area (Å²) in [5.41, 5.74) is 0.920. The third kappa shape index (κ3) is 3.55. The van der Waals surface area contributed by atoms with Crippen molar-refractivity contribution in [2.75, 3.05) is 19.7 Å². The Hall–Kier alpha value is -2.02. The van der Waals surface area contributed by atoms with Crippen molar-refractivity contribution in [3.8, 4) is 0 Å². The first-order valence-corrected chi connectivity index (χ1v) is 6.85. The minimum Gasteiger partial charge on any atom is -0.479 e. The first-order valence-electron chi connectivity index (χ1n) is 6.85. The summed E-state index contributed by atoms with van der Waals surface area (Å²) in [4.78, 5) is 24.6. The fraction of sp³-hybridized carbons (Fsp3) is 0.571. The molecule has 0 saturated carbocycles. The number of hydrogen-bond acceptors (Lipinski definition) is 4. The zero-order chi connectivity index (χ0) is 15.6. The maximum absolute atomic E-state index is 12.2. The Balaban J connectivity index is 1.97.